The summed E-state index contributed by atoms with van der Waals surface area (Å²) in [7, 11) is -3.72. The van der Waals surface area contributed by atoms with Gasteiger partial charge in [0.25, 0.3) is 10.0 Å². The Kier molecular flexibility index (Phi) is 5.69. The molecule has 1 N–H and O–H groups in total. The van der Waals surface area contributed by atoms with Crippen molar-refractivity contribution in [2.75, 3.05) is 24.4 Å². The summed E-state index contributed by atoms with van der Waals surface area (Å²) in [4.78, 5) is 6.76. The number of likely N-dealkylation sites (tertiary alicyclic amines) is 1. The predicted molar refractivity (Wildman–Crippen MR) is 122 cm³/mol. The molecule has 1 unspecified atom stereocenters. The van der Waals surface area contributed by atoms with Gasteiger partial charge in [0.05, 0.1) is 11.5 Å². The quantitative estimate of drug-likeness (QED) is 0.607. The van der Waals surface area contributed by atoms with Crippen molar-refractivity contribution in [1.29, 1.82) is 0 Å². The summed E-state index contributed by atoms with van der Waals surface area (Å²) in [5, 5.41) is 2.09. The number of ether oxygens (including phenoxy) is 1. The highest BCUT2D eigenvalue weighted by Crippen LogP contribution is 2.45. The molecule has 1 saturated heterocycles. The van der Waals surface area contributed by atoms with Gasteiger partial charge in [0.15, 0.2) is 5.13 Å². The number of hydrogen-bond acceptors (Lipinski definition) is 6. The van der Waals surface area contributed by atoms with E-state index in [0.717, 1.165) is 18.7 Å². The summed E-state index contributed by atoms with van der Waals surface area (Å²) in [6, 6.07) is 15.9. The monoisotopic (exact) mass is 455 g/mol. The van der Waals surface area contributed by atoms with Gasteiger partial charge >= 0.3 is 0 Å². The number of anilines is 1. The van der Waals surface area contributed by atoms with Crippen LogP contribution in [0.1, 0.15) is 42.3 Å². The summed E-state index contributed by atoms with van der Waals surface area (Å²) in [5.74, 6) is 0.868. The lowest BCUT2D eigenvalue weighted by Crippen LogP contribution is -2.40. The first-order chi connectivity index (χ1) is 15.1. The molecule has 3 heterocycles. The second kappa shape index (κ2) is 8.61. The lowest BCUT2D eigenvalue weighted by Gasteiger charge is -2.43. The normalized spacial score (nSPS) is 21.8. The van der Waals surface area contributed by atoms with Crippen LogP contribution in [-0.2, 0) is 10.0 Å². The zero-order valence-corrected chi connectivity index (χ0v) is 18.7. The fourth-order valence-electron chi connectivity index (χ4n) is 4.61. The summed E-state index contributed by atoms with van der Waals surface area (Å²) in [6.45, 7) is 2.64. The molecular weight excluding hydrogens is 430 g/mol. The van der Waals surface area contributed by atoms with E-state index >= 15 is 0 Å². The zero-order chi connectivity index (χ0) is 21.3. The van der Waals surface area contributed by atoms with Crippen molar-refractivity contribution in [2.45, 2.75) is 36.1 Å². The Morgan fingerprint density at radius 2 is 1.87 bits per heavy atom. The fraction of sp³-hybridized carbons (Fsp3) is 0.348. The minimum Gasteiger partial charge on any atom is -0.492 e. The predicted octanol–water partition coefficient (Wildman–Crippen LogP) is 4.65. The van der Waals surface area contributed by atoms with Crippen molar-refractivity contribution >= 4 is 26.5 Å². The molecule has 0 radical (unpaired) electrons. The van der Waals surface area contributed by atoms with Gasteiger partial charge in [0, 0.05) is 35.2 Å². The molecule has 0 amide bonds. The maximum Gasteiger partial charge on any atom is 0.263 e. The van der Waals surface area contributed by atoms with E-state index < -0.39 is 10.0 Å². The second-order valence-electron chi connectivity index (χ2n) is 8.01. The van der Waals surface area contributed by atoms with Crippen molar-refractivity contribution in [2.24, 2.45) is 0 Å². The number of sulfonamides is 1. The number of benzene rings is 2. The molecule has 31 heavy (non-hydrogen) atoms. The molecule has 2 aromatic carbocycles. The molecule has 3 aromatic rings. The molecule has 0 aliphatic carbocycles. The van der Waals surface area contributed by atoms with Crippen LogP contribution in [0, 0.1) is 0 Å². The van der Waals surface area contributed by atoms with Crippen molar-refractivity contribution in [1.82, 2.24) is 9.88 Å². The number of hydrogen-bond donors (Lipinski definition) is 1. The molecule has 0 spiro atoms. The first-order valence-electron chi connectivity index (χ1n) is 10.6. The molecule has 8 heteroatoms. The molecule has 1 fully saturated rings. The number of fused-ring (bicyclic) bond motifs is 1. The first-order valence-corrected chi connectivity index (χ1v) is 13.0. The van der Waals surface area contributed by atoms with Crippen LogP contribution < -0.4 is 9.46 Å². The average molecular weight is 456 g/mol. The lowest BCUT2D eigenvalue weighted by molar-refractivity contribution is 0.0984. The molecule has 0 bridgehead atoms. The summed E-state index contributed by atoms with van der Waals surface area (Å²) in [5.41, 5.74) is 2.32. The first kappa shape index (κ1) is 20.5. The number of rotatable bonds is 5. The van der Waals surface area contributed by atoms with E-state index in [-0.39, 0.29) is 16.9 Å². The third-order valence-electron chi connectivity index (χ3n) is 6.08. The summed E-state index contributed by atoms with van der Waals surface area (Å²) < 4.78 is 34.4. The van der Waals surface area contributed by atoms with Crippen LogP contribution in [0.5, 0.6) is 5.75 Å². The fourth-order valence-corrected chi connectivity index (χ4v) is 6.42. The van der Waals surface area contributed by atoms with Crippen molar-refractivity contribution in [3.63, 3.8) is 0 Å². The van der Waals surface area contributed by atoms with Crippen LogP contribution in [-0.4, -0.2) is 38.0 Å². The highest BCUT2D eigenvalue weighted by molar-refractivity contribution is 7.93. The highest BCUT2D eigenvalue weighted by Gasteiger charge is 2.37. The summed E-state index contributed by atoms with van der Waals surface area (Å²) in [6.07, 6.45) is 5.23. The van der Waals surface area contributed by atoms with Gasteiger partial charge in [-0.15, -0.1) is 11.3 Å². The number of nitrogens with zero attached hydrogens (tertiary/aromatic N) is 2. The molecule has 162 valence electrons. The Hall–Kier alpha value is -2.42. The van der Waals surface area contributed by atoms with E-state index in [2.05, 4.69) is 38.9 Å². The highest BCUT2D eigenvalue weighted by atomic mass is 32.2. The van der Waals surface area contributed by atoms with Crippen molar-refractivity contribution < 1.29 is 13.2 Å². The van der Waals surface area contributed by atoms with Gasteiger partial charge in [-0.05, 0) is 37.6 Å². The van der Waals surface area contributed by atoms with Gasteiger partial charge in [0.2, 0.25) is 0 Å². The maximum atomic E-state index is 12.8. The van der Waals surface area contributed by atoms with Crippen LogP contribution in [0.15, 0.2) is 65.0 Å². The van der Waals surface area contributed by atoms with Crippen LogP contribution in [0.2, 0.25) is 0 Å². The molecule has 2 aliphatic heterocycles. The molecule has 5 rings (SSSR count). The van der Waals surface area contributed by atoms with E-state index in [0.29, 0.717) is 17.5 Å². The van der Waals surface area contributed by atoms with Crippen LogP contribution in [0.3, 0.4) is 0 Å². The van der Waals surface area contributed by atoms with Crippen LogP contribution in [0.4, 0.5) is 5.13 Å². The largest absolute Gasteiger partial charge is 0.492 e. The zero-order valence-electron chi connectivity index (χ0n) is 17.1. The van der Waals surface area contributed by atoms with Crippen LogP contribution in [0.25, 0.3) is 0 Å². The van der Waals surface area contributed by atoms with Crippen molar-refractivity contribution in [3.05, 3.63) is 71.2 Å². The van der Waals surface area contributed by atoms with Crippen LogP contribution >= 0.6 is 11.3 Å². The SMILES string of the molecule is O=S(=O)(Nc1nccs1)c1ccc2c(c1)OCC(c1ccccc1)[C@@H]2N1CCCCC1. The number of nitrogens with one attached hydrogen (secondary N) is 1. The Balaban J connectivity index is 1.51. The third kappa shape index (κ3) is 4.20. The molecule has 0 saturated carbocycles. The van der Waals surface area contributed by atoms with Gasteiger partial charge in [-0.2, -0.15) is 0 Å². The lowest BCUT2D eigenvalue weighted by atomic mass is 9.83. The third-order valence-corrected chi connectivity index (χ3v) is 8.23. The summed E-state index contributed by atoms with van der Waals surface area (Å²) >= 11 is 1.25. The minimum absolute atomic E-state index is 0.176. The van der Waals surface area contributed by atoms with Gasteiger partial charge < -0.3 is 4.74 Å². The van der Waals surface area contributed by atoms with E-state index in [1.165, 1.54) is 36.2 Å². The van der Waals surface area contributed by atoms with Gasteiger partial charge in [-0.1, -0.05) is 42.8 Å². The standard InChI is InChI=1S/C23H25N3O3S2/c27-31(28,25-23-24-11-14-30-23)18-9-10-19-21(15-18)29-16-20(17-7-3-1-4-8-17)22(19)26-12-5-2-6-13-26/h1,3-4,7-11,14-15,20,22H,2,5-6,12-13,16H2,(H,24,25)/t20?,22-/m1/s1. The van der Waals surface area contributed by atoms with E-state index in [1.807, 2.05) is 12.1 Å². The van der Waals surface area contributed by atoms with Gasteiger partial charge in [-0.25, -0.2) is 13.4 Å². The molecule has 2 atom stereocenters. The topological polar surface area (TPSA) is 71.5 Å². The van der Waals surface area contributed by atoms with Crippen molar-refractivity contribution in [3.8, 4) is 5.75 Å². The average Bonchev–Trinajstić information content (AvgIpc) is 3.31. The smallest absolute Gasteiger partial charge is 0.263 e. The van der Waals surface area contributed by atoms with E-state index in [9.17, 15) is 8.42 Å². The van der Waals surface area contributed by atoms with Gasteiger partial charge in [-0.3, -0.25) is 9.62 Å². The number of piperidine rings is 1. The maximum absolute atomic E-state index is 12.8. The molecule has 1 aromatic heterocycles. The van der Waals surface area contributed by atoms with Gasteiger partial charge in [0.1, 0.15) is 5.75 Å². The number of aromatic nitrogens is 1. The molecule has 6 nitrogen and oxygen atoms in total. The minimum atomic E-state index is -3.72. The van der Waals surface area contributed by atoms with E-state index in [4.69, 9.17) is 4.74 Å². The molecule has 2 aliphatic rings. The Morgan fingerprint density at radius 3 is 2.61 bits per heavy atom. The Bertz CT molecular complexity index is 1130. The Labute approximate surface area is 186 Å². The molecular formula is C23H25N3O3S2. The second-order valence-corrected chi connectivity index (χ2v) is 10.6. The van der Waals surface area contributed by atoms with E-state index in [1.54, 1.807) is 23.7 Å². The Morgan fingerprint density at radius 1 is 1.06 bits per heavy atom. The number of thiazole rings is 1.